The summed E-state index contributed by atoms with van der Waals surface area (Å²) in [5.74, 6) is 3.06. The molecule has 0 amide bonds. The van der Waals surface area contributed by atoms with Gasteiger partial charge in [-0.3, -0.25) is 0 Å². The van der Waals surface area contributed by atoms with Gasteiger partial charge < -0.3 is 20.1 Å². The summed E-state index contributed by atoms with van der Waals surface area (Å²) >= 11 is 0. The van der Waals surface area contributed by atoms with E-state index in [1.807, 2.05) is 68.0 Å². The van der Waals surface area contributed by atoms with Crippen LogP contribution in [0.5, 0.6) is 11.5 Å². The van der Waals surface area contributed by atoms with Crippen LogP contribution in [0.25, 0.3) is 5.82 Å². The number of hydrogen-bond acceptors (Lipinski definition) is 5. The van der Waals surface area contributed by atoms with E-state index in [9.17, 15) is 0 Å². The van der Waals surface area contributed by atoms with Crippen molar-refractivity contribution < 1.29 is 9.47 Å². The number of benzene rings is 1. The van der Waals surface area contributed by atoms with Gasteiger partial charge >= 0.3 is 0 Å². The van der Waals surface area contributed by atoms with Crippen molar-refractivity contribution in [1.82, 2.24) is 25.4 Å². The molecule has 0 aliphatic carbocycles. The van der Waals surface area contributed by atoms with Crippen LogP contribution in [-0.2, 0) is 13.1 Å². The van der Waals surface area contributed by atoms with Crippen LogP contribution in [0.3, 0.4) is 0 Å². The maximum absolute atomic E-state index is 5.47. The second-order valence-corrected chi connectivity index (χ2v) is 7.09. The lowest BCUT2D eigenvalue weighted by Gasteiger charge is -2.14. The number of aryl methyl sites for hydroxylation is 2. The summed E-state index contributed by atoms with van der Waals surface area (Å²) in [4.78, 5) is 9.22. The molecule has 0 unspecified atom stereocenters. The van der Waals surface area contributed by atoms with Crippen LogP contribution in [0.15, 0.2) is 47.6 Å². The number of pyridine rings is 1. The van der Waals surface area contributed by atoms with Crippen molar-refractivity contribution in [2.75, 3.05) is 20.8 Å². The lowest BCUT2D eigenvalue weighted by atomic mass is 10.2. The Morgan fingerprint density at radius 1 is 1.06 bits per heavy atom. The highest BCUT2D eigenvalue weighted by molar-refractivity contribution is 14.0. The highest BCUT2D eigenvalue weighted by Crippen LogP contribution is 2.24. The number of nitrogens with one attached hydrogen (secondary N) is 2. The van der Waals surface area contributed by atoms with Crippen LogP contribution in [0, 0.1) is 13.8 Å². The SMILES string of the molecule is CCNC(=NCc1ccc(-n2nc(C)cc2C)nc1)NCc1ccc(OC)cc1OC.I. The molecule has 9 heteroatoms. The van der Waals surface area contributed by atoms with Gasteiger partial charge in [-0.05, 0) is 50.6 Å². The maximum atomic E-state index is 5.47. The number of nitrogens with zero attached hydrogens (tertiary/aromatic N) is 4. The van der Waals surface area contributed by atoms with Gasteiger partial charge in [0.05, 0.1) is 26.5 Å². The summed E-state index contributed by atoms with van der Waals surface area (Å²) in [5, 5.41) is 11.1. The molecule has 0 radical (unpaired) electrons. The Hall–Kier alpha value is -2.82. The van der Waals surface area contributed by atoms with Crippen molar-refractivity contribution >= 4 is 29.9 Å². The Balaban J connectivity index is 0.00000363. The third-order valence-electron chi connectivity index (χ3n) is 4.74. The molecule has 0 aliphatic rings. The van der Waals surface area contributed by atoms with Gasteiger partial charge in [-0.25, -0.2) is 14.7 Å². The van der Waals surface area contributed by atoms with Crippen molar-refractivity contribution in [3.8, 4) is 17.3 Å². The molecule has 3 aromatic rings. The number of ether oxygens (including phenoxy) is 2. The lowest BCUT2D eigenvalue weighted by Crippen LogP contribution is -2.36. The first-order valence-corrected chi connectivity index (χ1v) is 10.3. The largest absolute Gasteiger partial charge is 0.497 e. The van der Waals surface area contributed by atoms with Crippen molar-refractivity contribution in [2.24, 2.45) is 4.99 Å². The summed E-state index contributed by atoms with van der Waals surface area (Å²) in [6.45, 7) is 7.89. The van der Waals surface area contributed by atoms with Gasteiger partial charge in [0, 0.05) is 36.6 Å². The Morgan fingerprint density at radius 3 is 2.47 bits per heavy atom. The normalized spacial score (nSPS) is 11.0. The minimum Gasteiger partial charge on any atom is -0.497 e. The van der Waals surface area contributed by atoms with Crippen molar-refractivity contribution in [3.63, 3.8) is 0 Å². The number of halogens is 1. The summed E-state index contributed by atoms with van der Waals surface area (Å²) in [7, 11) is 3.29. The topological polar surface area (TPSA) is 85.6 Å². The highest BCUT2D eigenvalue weighted by atomic mass is 127. The fourth-order valence-corrected chi connectivity index (χ4v) is 3.19. The lowest BCUT2D eigenvalue weighted by molar-refractivity contribution is 0.390. The van der Waals surface area contributed by atoms with Crippen LogP contribution in [0.4, 0.5) is 0 Å². The van der Waals surface area contributed by atoms with E-state index in [0.717, 1.165) is 52.3 Å². The molecule has 2 N–H and O–H groups in total. The van der Waals surface area contributed by atoms with Crippen LogP contribution < -0.4 is 20.1 Å². The molecule has 1 aromatic carbocycles. The Labute approximate surface area is 206 Å². The predicted octanol–water partition coefficient (Wildman–Crippen LogP) is 3.77. The van der Waals surface area contributed by atoms with Gasteiger partial charge in [-0.1, -0.05) is 6.07 Å². The zero-order chi connectivity index (χ0) is 22.2. The molecule has 2 heterocycles. The monoisotopic (exact) mass is 550 g/mol. The summed E-state index contributed by atoms with van der Waals surface area (Å²) < 4.78 is 12.6. The van der Waals surface area contributed by atoms with E-state index in [4.69, 9.17) is 9.47 Å². The van der Waals surface area contributed by atoms with Gasteiger partial charge in [0.25, 0.3) is 0 Å². The molecule has 0 fully saturated rings. The molecular weight excluding hydrogens is 519 g/mol. The van der Waals surface area contributed by atoms with E-state index < -0.39 is 0 Å². The zero-order valence-corrected chi connectivity index (χ0v) is 21.5. The second kappa shape index (κ2) is 12.3. The molecule has 0 saturated heterocycles. The third kappa shape index (κ3) is 6.59. The average molecular weight is 550 g/mol. The van der Waals surface area contributed by atoms with Gasteiger partial charge in [0.2, 0.25) is 0 Å². The number of aliphatic imine (C=N–C) groups is 1. The van der Waals surface area contributed by atoms with E-state index in [1.165, 1.54) is 0 Å². The first-order chi connectivity index (χ1) is 15.0. The van der Waals surface area contributed by atoms with E-state index in [1.54, 1.807) is 14.2 Å². The van der Waals surface area contributed by atoms with Gasteiger partial charge in [-0.15, -0.1) is 24.0 Å². The molecule has 8 nitrogen and oxygen atoms in total. The number of methoxy groups -OCH3 is 2. The van der Waals surface area contributed by atoms with E-state index in [0.29, 0.717) is 13.1 Å². The van der Waals surface area contributed by atoms with E-state index >= 15 is 0 Å². The van der Waals surface area contributed by atoms with Gasteiger partial charge in [0.15, 0.2) is 11.8 Å². The maximum Gasteiger partial charge on any atom is 0.191 e. The summed E-state index contributed by atoms with van der Waals surface area (Å²) in [6.07, 6.45) is 1.84. The number of rotatable bonds is 8. The molecule has 0 spiro atoms. The highest BCUT2D eigenvalue weighted by Gasteiger charge is 2.07. The fourth-order valence-electron chi connectivity index (χ4n) is 3.19. The molecule has 0 saturated carbocycles. The standard InChI is InChI=1S/C23H30N6O2.HI/c1-6-24-23(27-15-19-8-9-20(30-4)12-21(19)31-5)26-14-18-7-10-22(25-13-18)29-17(3)11-16(2)28-29;/h7-13H,6,14-15H2,1-5H3,(H2,24,26,27);1H. The van der Waals surface area contributed by atoms with Crippen LogP contribution in [0.1, 0.15) is 29.4 Å². The molecule has 0 bridgehead atoms. The van der Waals surface area contributed by atoms with Crippen LogP contribution >= 0.6 is 24.0 Å². The number of hydrogen-bond donors (Lipinski definition) is 2. The smallest absolute Gasteiger partial charge is 0.191 e. The molecule has 3 rings (SSSR count). The minimum atomic E-state index is 0. The molecule has 172 valence electrons. The Bertz CT molecular complexity index is 1030. The van der Waals surface area contributed by atoms with Crippen LogP contribution in [-0.4, -0.2) is 41.5 Å². The number of guanidine groups is 1. The van der Waals surface area contributed by atoms with Crippen molar-refractivity contribution in [2.45, 2.75) is 33.9 Å². The van der Waals surface area contributed by atoms with Crippen molar-refractivity contribution in [1.29, 1.82) is 0 Å². The molecular formula is C23H31IN6O2. The third-order valence-corrected chi connectivity index (χ3v) is 4.74. The molecule has 32 heavy (non-hydrogen) atoms. The quantitative estimate of drug-likeness (QED) is 0.253. The average Bonchev–Trinajstić information content (AvgIpc) is 3.13. The Kier molecular flexibility index (Phi) is 9.76. The number of aromatic nitrogens is 3. The molecule has 2 aromatic heterocycles. The second-order valence-electron chi connectivity index (χ2n) is 7.09. The van der Waals surface area contributed by atoms with E-state index in [2.05, 4.69) is 25.7 Å². The van der Waals surface area contributed by atoms with Crippen molar-refractivity contribution in [3.05, 3.63) is 65.1 Å². The summed E-state index contributed by atoms with van der Waals surface area (Å²) in [6, 6.07) is 11.8. The van der Waals surface area contributed by atoms with Gasteiger partial charge in [0.1, 0.15) is 11.5 Å². The molecule has 0 aliphatic heterocycles. The first kappa shape index (κ1) is 25.4. The summed E-state index contributed by atoms with van der Waals surface area (Å²) in [5.41, 5.74) is 4.07. The molecule has 0 atom stereocenters. The first-order valence-electron chi connectivity index (χ1n) is 10.3. The zero-order valence-electron chi connectivity index (χ0n) is 19.2. The van der Waals surface area contributed by atoms with Gasteiger partial charge in [-0.2, -0.15) is 5.10 Å². The fraction of sp³-hybridized carbons (Fsp3) is 0.348. The van der Waals surface area contributed by atoms with E-state index in [-0.39, 0.29) is 24.0 Å². The van der Waals surface area contributed by atoms with Crippen LogP contribution in [0.2, 0.25) is 0 Å². The minimum absolute atomic E-state index is 0. The predicted molar refractivity (Wildman–Crippen MR) is 137 cm³/mol. The Morgan fingerprint density at radius 2 is 1.88 bits per heavy atom.